The van der Waals surface area contributed by atoms with Gasteiger partial charge >= 0.3 is 0 Å². The van der Waals surface area contributed by atoms with Crippen molar-refractivity contribution >= 4 is 5.91 Å². The molecule has 1 aliphatic rings. The van der Waals surface area contributed by atoms with E-state index in [1.165, 1.54) is 12.1 Å². The van der Waals surface area contributed by atoms with Crippen molar-refractivity contribution in [2.45, 2.75) is 38.8 Å². The Labute approximate surface area is 130 Å². The Balaban J connectivity index is 1.92. The Hall–Kier alpha value is -1.93. The van der Waals surface area contributed by atoms with Crippen LogP contribution >= 0.6 is 0 Å². The van der Waals surface area contributed by atoms with E-state index in [1.54, 1.807) is 13.0 Å². The van der Waals surface area contributed by atoms with Gasteiger partial charge in [0, 0.05) is 6.54 Å². The molecule has 0 aromatic heterocycles. The lowest BCUT2D eigenvalue weighted by molar-refractivity contribution is -0.123. The van der Waals surface area contributed by atoms with Gasteiger partial charge in [-0.3, -0.25) is 9.69 Å². The number of nitrogens with zero attached hydrogens (tertiary/aromatic N) is 2. The fraction of sp³-hybridized carbons (Fsp3) is 0.529. The second-order valence-corrected chi connectivity index (χ2v) is 6.07. The van der Waals surface area contributed by atoms with Crippen LogP contribution in [0, 0.1) is 23.1 Å². The van der Waals surface area contributed by atoms with Gasteiger partial charge in [-0.25, -0.2) is 4.39 Å². The summed E-state index contributed by atoms with van der Waals surface area (Å²) < 4.78 is 13.2. The minimum atomic E-state index is -0.769. The highest BCUT2D eigenvalue weighted by Gasteiger charge is 2.43. The van der Waals surface area contributed by atoms with Crippen LogP contribution in [0.25, 0.3) is 0 Å². The van der Waals surface area contributed by atoms with Crippen LogP contribution in [0.1, 0.15) is 32.3 Å². The highest BCUT2D eigenvalue weighted by atomic mass is 19.1. The Morgan fingerprint density at radius 1 is 1.55 bits per heavy atom. The van der Waals surface area contributed by atoms with Crippen LogP contribution in [-0.2, 0) is 11.3 Å². The highest BCUT2D eigenvalue weighted by Crippen LogP contribution is 2.39. The molecule has 1 saturated carbocycles. The number of amides is 1. The van der Waals surface area contributed by atoms with Crippen molar-refractivity contribution in [3.05, 3.63) is 35.6 Å². The first kappa shape index (κ1) is 16.4. The lowest BCUT2D eigenvalue weighted by Crippen LogP contribution is -2.50. The van der Waals surface area contributed by atoms with Crippen molar-refractivity contribution < 1.29 is 9.18 Å². The van der Waals surface area contributed by atoms with Crippen LogP contribution in [0.5, 0.6) is 0 Å². The lowest BCUT2D eigenvalue weighted by atomic mass is 9.98. The number of rotatable bonds is 7. The predicted molar refractivity (Wildman–Crippen MR) is 82.2 cm³/mol. The van der Waals surface area contributed by atoms with Crippen LogP contribution in [0.2, 0.25) is 0 Å². The molecule has 0 heterocycles. The Kier molecular flexibility index (Phi) is 5.15. The minimum absolute atomic E-state index is 0.158. The van der Waals surface area contributed by atoms with E-state index in [2.05, 4.69) is 11.4 Å². The number of benzene rings is 1. The third-order valence-corrected chi connectivity index (χ3v) is 4.13. The van der Waals surface area contributed by atoms with Crippen LogP contribution in [0.3, 0.4) is 0 Å². The normalized spacial score (nSPS) is 16.9. The average molecular weight is 303 g/mol. The zero-order valence-electron chi connectivity index (χ0n) is 13.1. The van der Waals surface area contributed by atoms with Gasteiger partial charge in [0.25, 0.3) is 0 Å². The molecule has 1 N–H and O–H groups in total. The maximum atomic E-state index is 13.2. The van der Waals surface area contributed by atoms with Gasteiger partial charge < -0.3 is 5.32 Å². The number of nitriles is 1. The largest absolute Gasteiger partial charge is 0.337 e. The molecule has 0 aliphatic heterocycles. The number of hydrogen-bond donors (Lipinski definition) is 1. The van der Waals surface area contributed by atoms with Gasteiger partial charge in [-0.2, -0.15) is 5.26 Å². The first-order valence-corrected chi connectivity index (χ1v) is 7.66. The van der Waals surface area contributed by atoms with Crippen LogP contribution in [-0.4, -0.2) is 29.4 Å². The van der Waals surface area contributed by atoms with Gasteiger partial charge in [0.1, 0.15) is 11.4 Å². The maximum Gasteiger partial charge on any atom is 0.235 e. The monoisotopic (exact) mass is 303 g/mol. The zero-order chi connectivity index (χ0) is 16.2. The quantitative estimate of drug-likeness (QED) is 0.842. The molecule has 0 unspecified atom stereocenters. The standard InChI is InChI=1S/C17H22FN3O/c1-3-21(10-13-5-4-6-15(18)9-13)11-16(22)20-17(2,12-19)14-7-8-14/h4-6,9,14H,3,7-8,10-11H2,1-2H3,(H,20,22)/t17-/m1/s1. The molecule has 1 atom stereocenters. The fourth-order valence-electron chi connectivity index (χ4n) is 2.59. The lowest BCUT2D eigenvalue weighted by Gasteiger charge is -2.26. The van der Waals surface area contributed by atoms with Crippen LogP contribution in [0.15, 0.2) is 24.3 Å². The van der Waals surface area contributed by atoms with E-state index in [0.29, 0.717) is 13.1 Å². The molecule has 0 spiro atoms. The summed E-state index contributed by atoms with van der Waals surface area (Å²) in [7, 11) is 0. The number of hydrogen-bond acceptors (Lipinski definition) is 3. The van der Waals surface area contributed by atoms with E-state index >= 15 is 0 Å². The SMILES string of the molecule is CCN(CC(=O)N[C@](C)(C#N)C1CC1)Cc1cccc(F)c1. The number of halogens is 1. The summed E-state index contributed by atoms with van der Waals surface area (Å²) in [5.74, 6) is -0.169. The molecule has 0 radical (unpaired) electrons. The zero-order valence-corrected chi connectivity index (χ0v) is 13.1. The number of nitrogens with one attached hydrogen (secondary N) is 1. The van der Waals surface area contributed by atoms with Gasteiger partial charge in [-0.05, 0) is 49.9 Å². The molecule has 1 aliphatic carbocycles. The molecule has 4 nitrogen and oxygen atoms in total. The van der Waals surface area contributed by atoms with E-state index < -0.39 is 5.54 Å². The molecule has 1 aromatic rings. The molecule has 0 saturated heterocycles. The molecular formula is C17H22FN3O. The summed E-state index contributed by atoms with van der Waals surface area (Å²) in [5.41, 5.74) is 0.0647. The van der Waals surface area contributed by atoms with Gasteiger partial charge in [-0.15, -0.1) is 0 Å². The Morgan fingerprint density at radius 2 is 2.27 bits per heavy atom. The fourth-order valence-corrected chi connectivity index (χ4v) is 2.59. The molecular weight excluding hydrogens is 281 g/mol. The Morgan fingerprint density at radius 3 is 2.82 bits per heavy atom. The molecule has 0 bridgehead atoms. The average Bonchev–Trinajstić information content (AvgIpc) is 3.31. The van der Waals surface area contributed by atoms with Gasteiger partial charge in [0.15, 0.2) is 0 Å². The predicted octanol–water partition coefficient (Wildman–Crippen LogP) is 2.46. The van der Waals surface area contributed by atoms with E-state index in [-0.39, 0.29) is 24.2 Å². The second kappa shape index (κ2) is 6.89. The van der Waals surface area contributed by atoms with Gasteiger partial charge in [0.05, 0.1) is 12.6 Å². The molecule has 1 aromatic carbocycles. The third-order valence-electron chi connectivity index (χ3n) is 4.13. The minimum Gasteiger partial charge on any atom is -0.337 e. The summed E-state index contributed by atoms with van der Waals surface area (Å²) in [5, 5.41) is 12.1. The third kappa shape index (κ3) is 4.28. The molecule has 1 fully saturated rings. The van der Waals surface area contributed by atoms with Gasteiger partial charge in [-0.1, -0.05) is 19.1 Å². The van der Waals surface area contributed by atoms with Crippen molar-refractivity contribution in [1.29, 1.82) is 5.26 Å². The second-order valence-electron chi connectivity index (χ2n) is 6.07. The summed E-state index contributed by atoms with van der Waals surface area (Å²) >= 11 is 0. The van der Waals surface area contributed by atoms with Crippen molar-refractivity contribution in [2.24, 2.45) is 5.92 Å². The van der Waals surface area contributed by atoms with Crippen molar-refractivity contribution in [1.82, 2.24) is 10.2 Å². The highest BCUT2D eigenvalue weighted by molar-refractivity contribution is 5.79. The first-order valence-electron chi connectivity index (χ1n) is 7.66. The summed E-state index contributed by atoms with van der Waals surface area (Å²) in [6.45, 7) is 5.13. The van der Waals surface area contributed by atoms with Gasteiger partial charge in [0.2, 0.25) is 5.91 Å². The molecule has 5 heteroatoms. The number of carbonyl (C=O) groups excluding carboxylic acids is 1. The van der Waals surface area contributed by atoms with E-state index in [1.807, 2.05) is 17.9 Å². The molecule has 22 heavy (non-hydrogen) atoms. The van der Waals surface area contributed by atoms with Crippen molar-refractivity contribution in [3.63, 3.8) is 0 Å². The topological polar surface area (TPSA) is 56.1 Å². The van der Waals surface area contributed by atoms with Crippen LogP contribution in [0.4, 0.5) is 4.39 Å². The smallest absolute Gasteiger partial charge is 0.235 e. The van der Waals surface area contributed by atoms with E-state index in [4.69, 9.17) is 0 Å². The maximum absolute atomic E-state index is 13.2. The first-order chi connectivity index (χ1) is 10.5. The molecule has 2 rings (SSSR count). The summed E-state index contributed by atoms with van der Waals surface area (Å²) in [6.07, 6.45) is 1.98. The van der Waals surface area contributed by atoms with E-state index in [0.717, 1.165) is 18.4 Å². The summed E-state index contributed by atoms with van der Waals surface area (Å²) in [6, 6.07) is 8.60. The number of carbonyl (C=O) groups is 1. The van der Waals surface area contributed by atoms with Crippen molar-refractivity contribution in [2.75, 3.05) is 13.1 Å². The molecule has 118 valence electrons. The number of likely N-dealkylation sites (N-methyl/N-ethyl adjacent to an activating group) is 1. The van der Waals surface area contributed by atoms with Crippen molar-refractivity contribution in [3.8, 4) is 6.07 Å². The molecule has 1 amide bonds. The summed E-state index contributed by atoms with van der Waals surface area (Å²) in [4.78, 5) is 14.1. The Bertz CT molecular complexity index is 580. The van der Waals surface area contributed by atoms with Crippen LogP contribution < -0.4 is 5.32 Å². The van der Waals surface area contributed by atoms with E-state index in [9.17, 15) is 14.4 Å².